The van der Waals surface area contributed by atoms with Crippen LogP contribution in [0, 0.1) is 0 Å². The van der Waals surface area contributed by atoms with E-state index in [-0.39, 0.29) is 29.5 Å². The molecule has 1 amide bonds. The Labute approximate surface area is 223 Å². The quantitative estimate of drug-likeness (QED) is 0.180. The number of nitrogens with zero attached hydrogens (tertiary/aromatic N) is 1. The molecule has 1 aliphatic heterocycles. The van der Waals surface area contributed by atoms with Crippen LogP contribution in [0.4, 0.5) is 0 Å². The van der Waals surface area contributed by atoms with E-state index in [1.807, 2.05) is 24.3 Å². The Morgan fingerprint density at radius 3 is 2.60 bits per heavy atom. The maximum atomic E-state index is 13.3. The van der Waals surface area contributed by atoms with Crippen LogP contribution in [0.15, 0.2) is 54.6 Å². The number of rotatable bonds is 12. The molecule has 3 atom stereocenters. The first-order valence-electron chi connectivity index (χ1n) is 12.5. The Hall–Kier alpha value is -1.25. The average molecular weight is 534 g/mol. The predicted octanol–water partition coefficient (Wildman–Crippen LogP) is 6.90. The molecule has 4 nitrogen and oxygen atoms in total. The van der Waals surface area contributed by atoms with Crippen LogP contribution in [-0.4, -0.2) is 52.6 Å². The molecule has 0 spiro atoms. The van der Waals surface area contributed by atoms with E-state index in [4.69, 9.17) is 16.6 Å². The summed E-state index contributed by atoms with van der Waals surface area (Å²) in [6.07, 6.45) is 5.89. The molecule has 1 saturated heterocycles. The number of thiocarbonyl (C=S) groups is 1. The Morgan fingerprint density at radius 2 is 2.00 bits per heavy atom. The standard InChI is InChI=1S/C28H43NO3S2Si/c1-8-12-21(2)15-16-25(32-35(6,7)28(3,4)5)18-24(30)19-26(31)29-23(20-34-27(29)33)17-22-13-10-9-11-14-22/h8-14,23-25,30H,1,15-20H2,2-7H3/b21-12+/t23-,24-,25+/m0/s1. The number of aliphatic hydroxyl groups excluding tert-OH is 1. The molecule has 0 aliphatic carbocycles. The van der Waals surface area contributed by atoms with E-state index in [9.17, 15) is 9.90 Å². The largest absolute Gasteiger partial charge is 0.414 e. The second kappa shape index (κ2) is 13.3. The van der Waals surface area contributed by atoms with Crippen molar-refractivity contribution in [3.63, 3.8) is 0 Å². The number of aliphatic hydroxyl groups is 1. The number of hydrogen-bond acceptors (Lipinski definition) is 5. The van der Waals surface area contributed by atoms with Crippen LogP contribution in [0.2, 0.25) is 18.1 Å². The van der Waals surface area contributed by atoms with Crippen LogP contribution in [0.1, 0.15) is 58.9 Å². The van der Waals surface area contributed by atoms with E-state index >= 15 is 0 Å². The molecule has 1 fully saturated rings. The molecule has 1 N–H and O–H groups in total. The minimum Gasteiger partial charge on any atom is -0.414 e. The number of hydrogen-bond donors (Lipinski definition) is 1. The van der Waals surface area contributed by atoms with Crippen molar-refractivity contribution in [2.75, 3.05) is 5.75 Å². The summed E-state index contributed by atoms with van der Waals surface area (Å²) in [4.78, 5) is 15.0. The van der Waals surface area contributed by atoms with Gasteiger partial charge in [0.2, 0.25) is 5.91 Å². The van der Waals surface area contributed by atoms with Gasteiger partial charge in [-0.1, -0.05) is 99.4 Å². The molecule has 1 aliphatic rings. The summed E-state index contributed by atoms with van der Waals surface area (Å²) in [5, 5.41) is 11.1. The lowest BCUT2D eigenvalue weighted by Crippen LogP contribution is -2.45. The lowest BCUT2D eigenvalue weighted by atomic mass is 10.0. The van der Waals surface area contributed by atoms with Gasteiger partial charge >= 0.3 is 0 Å². The molecule has 1 aromatic carbocycles. The maximum absolute atomic E-state index is 13.3. The summed E-state index contributed by atoms with van der Waals surface area (Å²) in [5.74, 6) is 0.698. The summed E-state index contributed by atoms with van der Waals surface area (Å²) in [5.41, 5.74) is 2.42. The smallest absolute Gasteiger partial charge is 0.230 e. The van der Waals surface area contributed by atoms with Gasteiger partial charge in [-0.2, -0.15) is 0 Å². The zero-order valence-electron chi connectivity index (χ0n) is 22.3. The molecule has 1 aromatic rings. The number of thioether (sulfide) groups is 1. The first kappa shape index (κ1) is 30.0. The Kier molecular flexibility index (Phi) is 11.4. The highest BCUT2D eigenvalue weighted by Crippen LogP contribution is 2.38. The number of benzene rings is 1. The highest BCUT2D eigenvalue weighted by molar-refractivity contribution is 8.23. The lowest BCUT2D eigenvalue weighted by molar-refractivity contribution is -0.130. The summed E-state index contributed by atoms with van der Waals surface area (Å²) in [7, 11) is -2.03. The Balaban J connectivity index is 2.06. The molecule has 0 aromatic heterocycles. The molecule has 7 heteroatoms. The van der Waals surface area contributed by atoms with E-state index in [0.29, 0.717) is 10.7 Å². The van der Waals surface area contributed by atoms with Crippen LogP contribution in [-0.2, 0) is 15.6 Å². The van der Waals surface area contributed by atoms with Gasteiger partial charge < -0.3 is 9.53 Å². The van der Waals surface area contributed by atoms with Gasteiger partial charge in [0.1, 0.15) is 4.32 Å². The molecular weight excluding hydrogens is 491 g/mol. The number of carbonyl (C=O) groups is 1. The third-order valence-corrected chi connectivity index (χ3v) is 13.1. The van der Waals surface area contributed by atoms with Gasteiger partial charge in [0.05, 0.1) is 18.6 Å². The highest BCUT2D eigenvalue weighted by atomic mass is 32.2. The monoisotopic (exact) mass is 533 g/mol. The third-order valence-electron chi connectivity index (χ3n) is 7.02. The van der Waals surface area contributed by atoms with Gasteiger partial charge in [0.15, 0.2) is 8.32 Å². The van der Waals surface area contributed by atoms with Crippen molar-refractivity contribution in [1.29, 1.82) is 0 Å². The van der Waals surface area contributed by atoms with Crippen LogP contribution < -0.4 is 0 Å². The van der Waals surface area contributed by atoms with E-state index in [1.54, 1.807) is 22.7 Å². The highest BCUT2D eigenvalue weighted by Gasteiger charge is 2.40. The zero-order chi connectivity index (χ0) is 26.2. The zero-order valence-corrected chi connectivity index (χ0v) is 24.9. The molecule has 35 heavy (non-hydrogen) atoms. The molecule has 0 radical (unpaired) electrons. The van der Waals surface area contributed by atoms with Crippen LogP contribution >= 0.6 is 24.0 Å². The topological polar surface area (TPSA) is 49.8 Å². The van der Waals surface area contributed by atoms with Gasteiger partial charge in [0, 0.05) is 11.9 Å². The van der Waals surface area contributed by atoms with E-state index in [2.05, 4.69) is 59.5 Å². The average Bonchev–Trinajstić information content (AvgIpc) is 3.11. The fraction of sp³-hybridized carbons (Fsp3) is 0.571. The Morgan fingerprint density at radius 1 is 1.34 bits per heavy atom. The minimum atomic E-state index is -2.03. The molecule has 0 unspecified atom stereocenters. The molecule has 2 rings (SSSR count). The van der Waals surface area contributed by atoms with Gasteiger partial charge in [-0.05, 0) is 56.3 Å². The Bertz CT molecular complexity index is 895. The summed E-state index contributed by atoms with van der Waals surface area (Å²) in [6, 6.07) is 10.2. The first-order valence-corrected chi connectivity index (χ1v) is 16.8. The lowest BCUT2D eigenvalue weighted by Gasteiger charge is -2.40. The number of allylic oxidation sites excluding steroid dienone is 3. The van der Waals surface area contributed by atoms with Crippen LogP contribution in [0.3, 0.4) is 0 Å². The normalized spacial score (nSPS) is 19.1. The van der Waals surface area contributed by atoms with E-state index in [1.165, 1.54) is 11.1 Å². The van der Waals surface area contributed by atoms with Gasteiger partial charge in [-0.25, -0.2) is 0 Å². The summed E-state index contributed by atoms with van der Waals surface area (Å²) < 4.78 is 7.31. The van der Waals surface area contributed by atoms with Gasteiger partial charge in [0.25, 0.3) is 0 Å². The van der Waals surface area contributed by atoms with Crippen LogP contribution in [0.5, 0.6) is 0 Å². The predicted molar refractivity (Wildman–Crippen MR) is 156 cm³/mol. The second-order valence-electron chi connectivity index (χ2n) is 11.1. The second-order valence-corrected chi connectivity index (χ2v) is 17.5. The summed E-state index contributed by atoms with van der Waals surface area (Å²) >= 11 is 7.06. The minimum absolute atomic E-state index is 0.0283. The fourth-order valence-corrected chi connectivity index (χ4v) is 6.83. The van der Waals surface area contributed by atoms with Crippen molar-refractivity contribution in [2.24, 2.45) is 0 Å². The molecule has 0 saturated carbocycles. The van der Waals surface area contributed by atoms with Crippen molar-refractivity contribution in [3.05, 3.63) is 60.2 Å². The van der Waals surface area contributed by atoms with Crippen molar-refractivity contribution in [2.45, 2.75) is 96.2 Å². The molecule has 194 valence electrons. The number of carbonyl (C=O) groups excluding carboxylic acids is 1. The third kappa shape index (κ3) is 9.28. The number of amides is 1. The molecule has 0 bridgehead atoms. The van der Waals surface area contributed by atoms with Gasteiger partial charge in [-0.3, -0.25) is 9.69 Å². The van der Waals surface area contributed by atoms with Crippen molar-refractivity contribution in [3.8, 4) is 0 Å². The molecular formula is C28H43NO3S2Si. The molecule has 1 heterocycles. The van der Waals surface area contributed by atoms with E-state index in [0.717, 1.165) is 25.0 Å². The van der Waals surface area contributed by atoms with Crippen molar-refractivity contribution < 1.29 is 14.3 Å². The SMILES string of the molecule is C=C/C=C(\C)CC[C@H](C[C@H](O)CC(=O)N1C(=S)SC[C@@H]1Cc1ccccc1)O[Si](C)(C)C(C)(C)C. The summed E-state index contributed by atoms with van der Waals surface area (Å²) in [6.45, 7) is 17.0. The maximum Gasteiger partial charge on any atom is 0.230 e. The first-order chi connectivity index (χ1) is 16.3. The van der Waals surface area contributed by atoms with Crippen molar-refractivity contribution in [1.82, 2.24) is 4.90 Å². The van der Waals surface area contributed by atoms with Crippen molar-refractivity contribution >= 4 is 42.5 Å². The van der Waals surface area contributed by atoms with Gasteiger partial charge in [-0.15, -0.1) is 0 Å². The fourth-order valence-electron chi connectivity index (χ4n) is 3.98. The van der Waals surface area contributed by atoms with E-state index < -0.39 is 14.4 Å². The van der Waals surface area contributed by atoms with Crippen LogP contribution in [0.25, 0.3) is 0 Å².